The van der Waals surface area contributed by atoms with Crippen molar-refractivity contribution in [2.24, 2.45) is 15.7 Å². The van der Waals surface area contributed by atoms with Gasteiger partial charge in [-0.2, -0.15) is 5.26 Å². The number of anilines is 1. The summed E-state index contributed by atoms with van der Waals surface area (Å²) in [6.45, 7) is 3.58. The van der Waals surface area contributed by atoms with Crippen molar-refractivity contribution in [2.45, 2.75) is 31.7 Å². The van der Waals surface area contributed by atoms with Crippen molar-refractivity contribution in [2.75, 3.05) is 37.7 Å². The number of ether oxygens (including phenoxy) is 1. The Hall–Kier alpha value is -3.22. The Balaban J connectivity index is 1.55. The molecule has 0 saturated carbocycles. The van der Waals surface area contributed by atoms with Gasteiger partial charge in [0.25, 0.3) is 0 Å². The third-order valence-corrected chi connectivity index (χ3v) is 5.41. The Morgan fingerprint density at radius 2 is 2.10 bits per heavy atom. The SMILES string of the molecule is N#Cc1cc(-c2ccnc(N=C(C=NC3CCOCC3)CN)n2)cnc1N1CCCC1. The molecule has 160 valence electrons. The third-order valence-electron chi connectivity index (χ3n) is 5.41. The summed E-state index contributed by atoms with van der Waals surface area (Å²) in [4.78, 5) is 24.5. The van der Waals surface area contributed by atoms with E-state index in [9.17, 15) is 5.26 Å². The fraction of sp³-hybridized carbons (Fsp3) is 0.455. The number of aromatic nitrogens is 3. The van der Waals surface area contributed by atoms with E-state index >= 15 is 0 Å². The molecular weight excluding hydrogens is 392 g/mol. The van der Waals surface area contributed by atoms with Crippen molar-refractivity contribution in [3.05, 3.63) is 30.1 Å². The molecule has 0 atom stereocenters. The highest BCUT2D eigenvalue weighted by Gasteiger charge is 2.18. The number of hydrogen-bond acceptors (Lipinski definition) is 9. The van der Waals surface area contributed by atoms with Crippen molar-refractivity contribution < 1.29 is 4.74 Å². The molecule has 2 N–H and O–H groups in total. The van der Waals surface area contributed by atoms with Crippen molar-refractivity contribution in [3.8, 4) is 17.3 Å². The summed E-state index contributed by atoms with van der Waals surface area (Å²) >= 11 is 0. The lowest BCUT2D eigenvalue weighted by atomic mass is 10.1. The van der Waals surface area contributed by atoms with Gasteiger partial charge in [-0.05, 0) is 37.8 Å². The molecule has 4 rings (SSSR count). The summed E-state index contributed by atoms with van der Waals surface area (Å²) < 4.78 is 5.36. The van der Waals surface area contributed by atoms with Gasteiger partial charge >= 0.3 is 0 Å². The zero-order valence-electron chi connectivity index (χ0n) is 17.4. The summed E-state index contributed by atoms with van der Waals surface area (Å²) in [6.07, 6.45) is 9.17. The highest BCUT2D eigenvalue weighted by atomic mass is 16.5. The molecule has 2 aromatic rings. The molecule has 2 aromatic heterocycles. The van der Waals surface area contributed by atoms with Crippen LogP contribution in [0.1, 0.15) is 31.2 Å². The first-order valence-corrected chi connectivity index (χ1v) is 10.6. The van der Waals surface area contributed by atoms with E-state index in [4.69, 9.17) is 10.5 Å². The molecule has 0 aliphatic carbocycles. The summed E-state index contributed by atoms with van der Waals surface area (Å²) in [5.74, 6) is 1.05. The second-order valence-electron chi connectivity index (χ2n) is 7.57. The van der Waals surface area contributed by atoms with Gasteiger partial charge in [0.2, 0.25) is 5.95 Å². The highest BCUT2D eigenvalue weighted by molar-refractivity contribution is 6.32. The lowest BCUT2D eigenvalue weighted by Crippen LogP contribution is -2.21. The van der Waals surface area contributed by atoms with Gasteiger partial charge in [-0.15, -0.1) is 0 Å². The summed E-state index contributed by atoms with van der Waals surface area (Å²) in [6, 6.07) is 6.12. The summed E-state index contributed by atoms with van der Waals surface area (Å²) in [7, 11) is 0. The zero-order valence-corrected chi connectivity index (χ0v) is 17.4. The first-order chi connectivity index (χ1) is 15.3. The molecule has 2 aliphatic heterocycles. The number of nitrogens with two attached hydrogens (primary N) is 1. The van der Waals surface area contributed by atoms with Crippen LogP contribution in [0.3, 0.4) is 0 Å². The van der Waals surface area contributed by atoms with Crippen LogP contribution in [0.2, 0.25) is 0 Å². The predicted molar refractivity (Wildman–Crippen MR) is 120 cm³/mol. The molecule has 0 radical (unpaired) electrons. The van der Waals surface area contributed by atoms with Crippen LogP contribution in [0.15, 0.2) is 34.5 Å². The van der Waals surface area contributed by atoms with E-state index in [0.29, 0.717) is 22.9 Å². The fourth-order valence-corrected chi connectivity index (χ4v) is 3.71. The Bertz CT molecular complexity index is 1000. The van der Waals surface area contributed by atoms with Gasteiger partial charge in [0.1, 0.15) is 11.9 Å². The van der Waals surface area contributed by atoms with Gasteiger partial charge < -0.3 is 15.4 Å². The molecular formula is C22H26N8O. The molecule has 2 aliphatic rings. The highest BCUT2D eigenvalue weighted by Crippen LogP contribution is 2.26. The van der Waals surface area contributed by atoms with Crippen LogP contribution >= 0.6 is 0 Å². The van der Waals surface area contributed by atoms with Crippen molar-refractivity contribution >= 4 is 23.7 Å². The molecule has 2 saturated heterocycles. The molecule has 0 bridgehead atoms. The first kappa shape index (κ1) is 21.0. The Kier molecular flexibility index (Phi) is 6.92. The average Bonchev–Trinajstić information content (AvgIpc) is 3.37. The quantitative estimate of drug-likeness (QED) is 0.713. The number of aliphatic imine (C=N–C) groups is 2. The van der Waals surface area contributed by atoms with Crippen molar-refractivity contribution in [1.82, 2.24) is 15.0 Å². The predicted octanol–water partition coefficient (Wildman–Crippen LogP) is 2.29. The molecule has 0 aromatic carbocycles. The Morgan fingerprint density at radius 1 is 1.29 bits per heavy atom. The minimum absolute atomic E-state index is 0.238. The van der Waals surface area contributed by atoms with Crippen LogP contribution in [-0.2, 0) is 4.74 Å². The smallest absolute Gasteiger partial charge is 0.250 e. The zero-order chi connectivity index (χ0) is 21.5. The van der Waals surface area contributed by atoms with E-state index < -0.39 is 0 Å². The van der Waals surface area contributed by atoms with E-state index in [1.54, 1.807) is 24.7 Å². The van der Waals surface area contributed by atoms with Crippen LogP contribution in [-0.4, -0.2) is 65.8 Å². The molecule has 0 unspecified atom stereocenters. The van der Waals surface area contributed by atoms with Crippen molar-refractivity contribution in [1.29, 1.82) is 5.26 Å². The fourth-order valence-electron chi connectivity index (χ4n) is 3.71. The van der Waals surface area contributed by atoms with Gasteiger partial charge in [0.05, 0.1) is 23.0 Å². The second-order valence-corrected chi connectivity index (χ2v) is 7.57. The van der Waals surface area contributed by atoms with Crippen molar-refractivity contribution in [3.63, 3.8) is 0 Å². The van der Waals surface area contributed by atoms with Gasteiger partial charge in [-0.1, -0.05) is 0 Å². The molecule has 0 amide bonds. The van der Waals surface area contributed by atoms with Crippen LogP contribution in [0.5, 0.6) is 0 Å². The number of pyridine rings is 1. The van der Waals surface area contributed by atoms with Crippen LogP contribution in [0, 0.1) is 11.3 Å². The number of hydrogen-bond donors (Lipinski definition) is 1. The molecule has 4 heterocycles. The maximum atomic E-state index is 9.61. The molecule has 2 fully saturated rings. The summed E-state index contributed by atoms with van der Waals surface area (Å²) in [5.41, 5.74) is 8.42. The Morgan fingerprint density at radius 3 is 2.84 bits per heavy atom. The van der Waals surface area contributed by atoms with E-state index in [-0.39, 0.29) is 12.6 Å². The first-order valence-electron chi connectivity index (χ1n) is 10.6. The van der Waals surface area contributed by atoms with Crippen LogP contribution in [0.4, 0.5) is 11.8 Å². The van der Waals surface area contributed by atoms with E-state index in [2.05, 4.69) is 35.9 Å². The Labute approximate surface area is 181 Å². The number of nitriles is 1. The van der Waals surface area contributed by atoms with Gasteiger partial charge in [0, 0.05) is 57.0 Å². The van der Waals surface area contributed by atoms with Gasteiger partial charge in [-0.3, -0.25) is 4.99 Å². The topological polar surface area (TPSA) is 126 Å². The largest absolute Gasteiger partial charge is 0.381 e. The van der Waals surface area contributed by atoms with E-state index in [0.717, 1.165) is 63.4 Å². The molecule has 9 heteroatoms. The monoisotopic (exact) mass is 418 g/mol. The van der Waals surface area contributed by atoms with E-state index in [1.807, 2.05) is 6.07 Å². The number of nitrogens with zero attached hydrogens (tertiary/aromatic N) is 7. The lowest BCUT2D eigenvalue weighted by molar-refractivity contribution is 0.0872. The van der Waals surface area contributed by atoms with Crippen LogP contribution in [0.25, 0.3) is 11.3 Å². The van der Waals surface area contributed by atoms with Gasteiger partial charge in [-0.25, -0.2) is 19.9 Å². The minimum atomic E-state index is 0.238. The molecule has 9 nitrogen and oxygen atoms in total. The standard InChI is InChI=1S/C22H26N8O/c23-12-16-11-17(14-27-21(16)30-7-1-2-8-30)20-3-6-25-22(29-20)28-19(13-24)15-26-18-4-9-31-10-5-18/h3,6,11,14-15,18H,1-2,4-5,7-10,13,24H2. The molecule has 0 spiro atoms. The minimum Gasteiger partial charge on any atom is -0.381 e. The maximum Gasteiger partial charge on any atom is 0.250 e. The summed E-state index contributed by atoms with van der Waals surface area (Å²) in [5, 5.41) is 9.61. The van der Waals surface area contributed by atoms with E-state index in [1.165, 1.54) is 0 Å². The normalized spacial score (nSPS) is 17.9. The maximum absolute atomic E-state index is 9.61. The average molecular weight is 419 g/mol. The second kappa shape index (κ2) is 10.2. The number of rotatable bonds is 6. The third kappa shape index (κ3) is 5.29. The van der Waals surface area contributed by atoms with Gasteiger partial charge in [0.15, 0.2) is 0 Å². The lowest BCUT2D eigenvalue weighted by Gasteiger charge is -2.18. The van der Waals surface area contributed by atoms with Crippen LogP contribution < -0.4 is 10.6 Å². The molecule has 31 heavy (non-hydrogen) atoms.